The minimum atomic E-state index is -0.212. The first-order valence-corrected chi connectivity index (χ1v) is 11.0. The van der Waals surface area contributed by atoms with E-state index in [4.69, 9.17) is 14.2 Å². The Bertz CT molecular complexity index is 1030. The summed E-state index contributed by atoms with van der Waals surface area (Å²) >= 11 is 0. The van der Waals surface area contributed by atoms with Crippen molar-refractivity contribution in [1.82, 2.24) is 10.3 Å². The fourth-order valence-electron chi connectivity index (χ4n) is 3.83. The number of methoxy groups -OCH3 is 2. The van der Waals surface area contributed by atoms with E-state index >= 15 is 0 Å². The molecule has 1 amide bonds. The molecule has 1 aliphatic heterocycles. The van der Waals surface area contributed by atoms with Gasteiger partial charge in [-0.1, -0.05) is 24.3 Å². The second-order valence-electron chi connectivity index (χ2n) is 7.86. The lowest BCUT2D eigenvalue weighted by Crippen LogP contribution is -2.36. The van der Waals surface area contributed by atoms with E-state index in [0.29, 0.717) is 25.2 Å². The van der Waals surface area contributed by atoms with Crippen molar-refractivity contribution >= 4 is 11.7 Å². The second-order valence-corrected chi connectivity index (χ2v) is 7.86. The van der Waals surface area contributed by atoms with Crippen molar-refractivity contribution < 1.29 is 19.0 Å². The van der Waals surface area contributed by atoms with Gasteiger partial charge in [-0.25, -0.2) is 4.98 Å². The standard InChI is InChI=1S/C26H29N3O4/c1-31-22-8-3-19(4-9-22)17-24(20-5-10-23(32-2)11-6-20)28-26(30)21-7-12-25(27-18-21)29-13-15-33-16-14-29/h3-12,18,24H,13-17H2,1-2H3,(H,28,30)/t24-/m1/s1. The first kappa shape index (κ1) is 22.6. The number of nitrogens with one attached hydrogen (secondary N) is 1. The van der Waals surface area contributed by atoms with Crippen LogP contribution in [-0.2, 0) is 11.2 Å². The molecule has 0 unspecified atom stereocenters. The van der Waals surface area contributed by atoms with Crippen molar-refractivity contribution in [3.8, 4) is 11.5 Å². The third-order valence-electron chi connectivity index (χ3n) is 5.77. The summed E-state index contributed by atoms with van der Waals surface area (Å²) in [5.41, 5.74) is 2.62. The number of ether oxygens (including phenoxy) is 3. The molecule has 4 rings (SSSR count). The van der Waals surface area contributed by atoms with Crippen LogP contribution in [0.4, 0.5) is 5.82 Å². The van der Waals surface area contributed by atoms with E-state index in [1.807, 2.05) is 60.7 Å². The van der Waals surface area contributed by atoms with E-state index in [1.54, 1.807) is 20.4 Å². The van der Waals surface area contributed by atoms with Crippen molar-refractivity contribution in [1.29, 1.82) is 0 Å². The van der Waals surface area contributed by atoms with Crippen LogP contribution < -0.4 is 19.7 Å². The number of hydrogen-bond donors (Lipinski definition) is 1. The molecule has 0 radical (unpaired) electrons. The van der Waals surface area contributed by atoms with E-state index in [9.17, 15) is 4.79 Å². The van der Waals surface area contributed by atoms with Crippen LogP contribution in [0, 0.1) is 0 Å². The second kappa shape index (κ2) is 10.8. The fraction of sp³-hybridized carbons (Fsp3) is 0.308. The molecule has 172 valence electrons. The van der Waals surface area contributed by atoms with Crippen LogP contribution in [0.3, 0.4) is 0 Å². The maximum Gasteiger partial charge on any atom is 0.253 e. The Morgan fingerprint density at radius 3 is 2.18 bits per heavy atom. The number of carbonyl (C=O) groups excluding carboxylic acids is 1. The van der Waals surface area contributed by atoms with Crippen molar-refractivity contribution in [3.63, 3.8) is 0 Å². The lowest BCUT2D eigenvalue weighted by atomic mass is 9.98. The fourth-order valence-corrected chi connectivity index (χ4v) is 3.83. The Kier molecular flexibility index (Phi) is 7.42. The molecule has 0 aliphatic carbocycles. The molecule has 1 aliphatic rings. The first-order chi connectivity index (χ1) is 16.2. The van der Waals surface area contributed by atoms with Crippen molar-refractivity contribution in [2.45, 2.75) is 12.5 Å². The largest absolute Gasteiger partial charge is 0.497 e. The Balaban J connectivity index is 1.50. The summed E-state index contributed by atoms with van der Waals surface area (Å²) in [5, 5.41) is 3.18. The number of carbonyl (C=O) groups is 1. The highest BCUT2D eigenvalue weighted by molar-refractivity contribution is 5.94. The lowest BCUT2D eigenvalue weighted by molar-refractivity contribution is 0.0936. The van der Waals surface area contributed by atoms with Gasteiger partial charge in [0.1, 0.15) is 17.3 Å². The molecule has 1 fully saturated rings. The average molecular weight is 448 g/mol. The molecule has 3 aromatic rings. The first-order valence-electron chi connectivity index (χ1n) is 11.0. The molecule has 0 bridgehead atoms. The minimum Gasteiger partial charge on any atom is -0.497 e. The summed E-state index contributed by atoms with van der Waals surface area (Å²) in [6.45, 7) is 3.00. The Morgan fingerprint density at radius 2 is 1.61 bits per heavy atom. The minimum absolute atomic E-state index is 0.162. The van der Waals surface area contributed by atoms with Gasteiger partial charge >= 0.3 is 0 Å². The zero-order valence-electron chi connectivity index (χ0n) is 19.0. The van der Waals surface area contributed by atoms with Gasteiger partial charge in [-0.15, -0.1) is 0 Å². The molecule has 0 spiro atoms. The van der Waals surface area contributed by atoms with Gasteiger partial charge in [0.2, 0.25) is 0 Å². The van der Waals surface area contributed by atoms with Crippen LogP contribution in [0.25, 0.3) is 0 Å². The van der Waals surface area contributed by atoms with Crippen LogP contribution in [0.2, 0.25) is 0 Å². The van der Waals surface area contributed by atoms with E-state index in [1.165, 1.54) is 0 Å². The van der Waals surface area contributed by atoms with Crippen LogP contribution in [-0.4, -0.2) is 51.4 Å². The lowest BCUT2D eigenvalue weighted by Gasteiger charge is -2.27. The summed E-state index contributed by atoms with van der Waals surface area (Å²) in [4.78, 5) is 19.8. The average Bonchev–Trinajstić information content (AvgIpc) is 2.89. The zero-order valence-corrected chi connectivity index (χ0v) is 19.0. The van der Waals surface area contributed by atoms with Gasteiger partial charge in [-0.2, -0.15) is 0 Å². The van der Waals surface area contributed by atoms with Gasteiger partial charge in [-0.3, -0.25) is 4.79 Å². The van der Waals surface area contributed by atoms with Gasteiger partial charge in [0.05, 0.1) is 39.0 Å². The molecule has 33 heavy (non-hydrogen) atoms. The third kappa shape index (κ3) is 5.81. The number of aromatic nitrogens is 1. The molecule has 1 aromatic heterocycles. The van der Waals surface area contributed by atoms with Crippen molar-refractivity contribution in [3.05, 3.63) is 83.6 Å². The molecule has 1 saturated heterocycles. The van der Waals surface area contributed by atoms with E-state index < -0.39 is 0 Å². The third-order valence-corrected chi connectivity index (χ3v) is 5.77. The van der Waals surface area contributed by atoms with E-state index in [0.717, 1.165) is 41.5 Å². The van der Waals surface area contributed by atoms with Gasteiger partial charge < -0.3 is 24.4 Å². The number of benzene rings is 2. The summed E-state index contributed by atoms with van der Waals surface area (Å²) in [7, 11) is 3.28. The Labute approximate surface area is 194 Å². The molecule has 2 heterocycles. The number of rotatable bonds is 8. The van der Waals surface area contributed by atoms with Gasteiger partial charge in [0.25, 0.3) is 5.91 Å². The van der Waals surface area contributed by atoms with Crippen LogP contribution in [0.5, 0.6) is 11.5 Å². The predicted molar refractivity (Wildman–Crippen MR) is 127 cm³/mol. The van der Waals surface area contributed by atoms with Crippen molar-refractivity contribution in [2.75, 3.05) is 45.4 Å². The quantitative estimate of drug-likeness (QED) is 0.568. The van der Waals surface area contributed by atoms with E-state index in [2.05, 4.69) is 15.2 Å². The number of morpholine rings is 1. The summed E-state index contributed by atoms with van der Waals surface area (Å²) in [6.07, 6.45) is 2.28. The maximum absolute atomic E-state index is 13.1. The number of nitrogens with zero attached hydrogens (tertiary/aromatic N) is 2. The van der Waals surface area contributed by atoms with Gasteiger partial charge in [-0.05, 0) is 53.9 Å². The topological polar surface area (TPSA) is 72.9 Å². The summed E-state index contributed by atoms with van der Waals surface area (Å²) in [6, 6.07) is 19.2. The van der Waals surface area contributed by atoms with Crippen LogP contribution in [0.1, 0.15) is 27.5 Å². The van der Waals surface area contributed by atoms with Crippen molar-refractivity contribution in [2.24, 2.45) is 0 Å². The summed E-state index contributed by atoms with van der Waals surface area (Å²) < 4.78 is 15.9. The van der Waals surface area contributed by atoms with Crippen LogP contribution in [0.15, 0.2) is 66.9 Å². The Hall–Kier alpha value is -3.58. The molecular formula is C26H29N3O4. The molecular weight excluding hydrogens is 418 g/mol. The molecule has 7 nitrogen and oxygen atoms in total. The highest BCUT2D eigenvalue weighted by atomic mass is 16.5. The predicted octanol–water partition coefficient (Wildman–Crippen LogP) is 3.65. The highest BCUT2D eigenvalue weighted by Crippen LogP contribution is 2.23. The molecule has 1 N–H and O–H groups in total. The van der Waals surface area contributed by atoms with Gasteiger partial charge in [0.15, 0.2) is 0 Å². The van der Waals surface area contributed by atoms with E-state index in [-0.39, 0.29) is 11.9 Å². The normalized spacial score (nSPS) is 14.4. The smallest absolute Gasteiger partial charge is 0.253 e. The van der Waals surface area contributed by atoms with Crippen LogP contribution >= 0.6 is 0 Å². The summed E-state index contributed by atoms with van der Waals surface area (Å²) in [5.74, 6) is 2.27. The molecule has 2 aromatic carbocycles. The molecule has 1 atom stereocenters. The zero-order chi connectivity index (χ0) is 23.0. The number of anilines is 1. The monoisotopic (exact) mass is 447 g/mol. The number of pyridine rings is 1. The maximum atomic E-state index is 13.1. The molecule has 7 heteroatoms. The SMILES string of the molecule is COc1ccc(C[C@@H](NC(=O)c2ccc(N3CCOCC3)nc2)c2ccc(OC)cc2)cc1. The number of amides is 1. The van der Waals surface area contributed by atoms with Gasteiger partial charge in [0, 0.05) is 19.3 Å². The number of hydrogen-bond acceptors (Lipinski definition) is 6. The molecule has 0 saturated carbocycles. The highest BCUT2D eigenvalue weighted by Gasteiger charge is 2.18. The Morgan fingerprint density at radius 1 is 0.970 bits per heavy atom.